The molecule has 1 aromatic heterocycles. The molecule has 0 spiro atoms. The summed E-state index contributed by atoms with van der Waals surface area (Å²) in [5, 5.41) is 5.62. The van der Waals surface area contributed by atoms with Gasteiger partial charge in [0.25, 0.3) is 0 Å². The number of carbonyl (C=O) groups excluding carboxylic acids is 1. The molecule has 0 amide bonds. The Kier molecular flexibility index (Phi) is 7.69. The minimum atomic E-state index is 0.0252. The van der Waals surface area contributed by atoms with E-state index in [1.54, 1.807) is 0 Å². The number of carbonyl (C=O) groups is 1. The Balaban J connectivity index is 0.00000109. The Morgan fingerprint density at radius 1 is 1.44 bits per heavy atom. The molecular weight excluding hydrogens is 379 g/mol. The zero-order valence-electron chi connectivity index (χ0n) is 15.3. The summed E-state index contributed by atoms with van der Waals surface area (Å²) in [7, 11) is 5.40. The van der Waals surface area contributed by atoms with Crippen LogP contribution in [0, 0.1) is 6.92 Å². The van der Waals surface area contributed by atoms with E-state index in [-0.39, 0.29) is 18.3 Å². The average molecular weight is 405 g/mol. The van der Waals surface area contributed by atoms with Crippen molar-refractivity contribution in [1.29, 1.82) is 0 Å². The molecule has 25 heavy (non-hydrogen) atoms. The number of Topliss-reactive ketones (excluding diaryl/α,β-unsaturated/α-hetero) is 1. The van der Waals surface area contributed by atoms with Crippen molar-refractivity contribution in [2.24, 2.45) is 0 Å². The summed E-state index contributed by atoms with van der Waals surface area (Å²) < 4.78 is 8.87. The molecule has 3 rings (SSSR count). The summed E-state index contributed by atoms with van der Waals surface area (Å²) in [5.41, 5.74) is 3.39. The predicted octanol–water partition coefficient (Wildman–Crippen LogP) is 4.92. The van der Waals surface area contributed by atoms with Crippen LogP contribution < -0.4 is 0 Å². The van der Waals surface area contributed by atoms with Crippen molar-refractivity contribution in [1.82, 2.24) is 9.78 Å². The fourth-order valence-corrected chi connectivity index (χ4v) is 3.95. The number of halogens is 1. The molecule has 0 N–H and O–H groups in total. The van der Waals surface area contributed by atoms with Crippen molar-refractivity contribution in [2.75, 3.05) is 6.61 Å². The number of aromatic nitrogens is 2. The van der Waals surface area contributed by atoms with Gasteiger partial charge in [0, 0.05) is 22.9 Å². The highest BCUT2D eigenvalue weighted by molar-refractivity contribution is 9.10. The maximum absolute atomic E-state index is 11.5. The van der Waals surface area contributed by atoms with Crippen LogP contribution in [0.25, 0.3) is 10.9 Å². The lowest BCUT2D eigenvalue weighted by Gasteiger charge is -2.23. The second kappa shape index (κ2) is 9.53. The van der Waals surface area contributed by atoms with Crippen LogP contribution in [0.1, 0.15) is 56.9 Å². The smallest absolute Gasteiger partial charge is 0.150 e. The molecule has 0 aliphatic carbocycles. The molecule has 1 unspecified atom stereocenters. The van der Waals surface area contributed by atoms with E-state index in [2.05, 4.69) is 34.0 Å². The minimum absolute atomic E-state index is 0.0252. The lowest BCUT2D eigenvalue weighted by atomic mass is 9.94. The van der Waals surface area contributed by atoms with Gasteiger partial charge >= 0.3 is 0 Å². The molecule has 1 aromatic carbocycles. The molecule has 1 aliphatic heterocycles. The van der Waals surface area contributed by atoms with Crippen LogP contribution in [0.5, 0.6) is 0 Å². The summed E-state index contributed by atoms with van der Waals surface area (Å²) in [6, 6.07) is 2.15. The zero-order chi connectivity index (χ0) is 18.4. The van der Waals surface area contributed by atoms with Crippen LogP contribution in [-0.4, -0.2) is 30.0 Å². The maximum Gasteiger partial charge on any atom is 0.150 e. The number of hydrogen-bond acceptors (Lipinski definition) is 3. The highest BCUT2D eigenvalue weighted by Crippen LogP contribution is 2.34. The number of hydrogen-bond donors (Lipinski definition) is 0. The Labute approximate surface area is 159 Å². The summed E-state index contributed by atoms with van der Waals surface area (Å²) >= 11 is 3.71. The second-order valence-corrected chi connectivity index (χ2v) is 6.86. The van der Waals surface area contributed by atoms with E-state index >= 15 is 0 Å². The van der Waals surface area contributed by atoms with Crippen LogP contribution in [0.3, 0.4) is 0 Å². The standard InChI is InChI=1S/C17H20BBrN2O2.C2H6/c1-11-8-15-14(17(19)13(11)6-5-12(22)9-18)10-20-21(15)16-4-2-3-7-23-16;1-2/h8,10,16H,2-7,9H2,1H3;1-2H3. The van der Waals surface area contributed by atoms with E-state index in [4.69, 9.17) is 12.6 Å². The molecule has 2 radical (unpaired) electrons. The molecular formula is C19H26BBrN2O2. The van der Waals surface area contributed by atoms with Crippen LogP contribution in [-0.2, 0) is 16.0 Å². The first-order chi connectivity index (χ1) is 12.1. The monoisotopic (exact) mass is 404 g/mol. The quantitative estimate of drug-likeness (QED) is 0.664. The van der Waals surface area contributed by atoms with Gasteiger partial charge in [-0.2, -0.15) is 5.10 Å². The average Bonchev–Trinajstić information content (AvgIpc) is 3.07. The summed E-state index contributed by atoms with van der Waals surface area (Å²) in [6.45, 7) is 6.87. The third kappa shape index (κ3) is 4.53. The van der Waals surface area contributed by atoms with Crippen molar-refractivity contribution in [2.45, 2.75) is 65.4 Å². The van der Waals surface area contributed by atoms with E-state index in [0.29, 0.717) is 12.8 Å². The number of ketones is 1. The van der Waals surface area contributed by atoms with Crippen molar-refractivity contribution in [3.63, 3.8) is 0 Å². The number of aryl methyl sites for hydroxylation is 1. The minimum Gasteiger partial charge on any atom is -0.356 e. The fourth-order valence-electron chi connectivity index (χ4n) is 3.13. The van der Waals surface area contributed by atoms with Gasteiger partial charge in [-0.3, -0.25) is 0 Å². The number of benzene rings is 1. The van der Waals surface area contributed by atoms with Gasteiger partial charge in [-0.05, 0) is 72.1 Å². The fraction of sp³-hybridized carbons (Fsp3) is 0.579. The van der Waals surface area contributed by atoms with E-state index < -0.39 is 0 Å². The van der Waals surface area contributed by atoms with Crippen LogP contribution in [0.4, 0.5) is 0 Å². The molecule has 4 nitrogen and oxygen atoms in total. The topological polar surface area (TPSA) is 44.1 Å². The van der Waals surface area contributed by atoms with Gasteiger partial charge in [-0.15, -0.1) is 0 Å². The van der Waals surface area contributed by atoms with E-state index in [1.807, 2.05) is 24.7 Å². The highest BCUT2D eigenvalue weighted by Gasteiger charge is 2.21. The number of nitrogens with zero attached hydrogens (tertiary/aromatic N) is 2. The normalized spacial score (nSPS) is 17.2. The third-order valence-electron chi connectivity index (χ3n) is 4.47. The predicted molar refractivity (Wildman–Crippen MR) is 106 cm³/mol. The number of ether oxygens (including phenoxy) is 1. The first-order valence-electron chi connectivity index (χ1n) is 9.10. The molecule has 6 heteroatoms. The van der Waals surface area contributed by atoms with E-state index in [1.165, 1.54) is 6.42 Å². The zero-order valence-corrected chi connectivity index (χ0v) is 16.9. The molecule has 0 saturated carbocycles. The molecule has 1 aliphatic rings. The number of fused-ring (bicyclic) bond motifs is 1. The van der Waals surface area contributed by atoms with Gasteiger partial charge in [0.15, 0.2) is 6.23 Å². The van der Waals surface area contributed by atoms with Gasteiger partial charge in [0.2, 0.25) is 0 Å². The number of rotatable bonds is 5. The maximum atomic E-state index is 11.5. The Morgan fingerprint density at radius 2 is 2.20 bits per heavy atom. The largest absolute Gasteiger partial charge is 0.356 e. The molecule has 1 fully saturated rings. The molecule has 1 saturated heterocycles. The molecule has 1 atom stereocenters. The lowest BCUT2D eigenvalue weighted by molar-refractivity contribution is -0.116. The van der Waals surface area contributed by atoms with Crippen molar-refractivity contribution in [3.05, 3.63) is 27.9 Å². The first-order valence-corrected chi connectivity index (χ1v) is 9.89. The summed E-state index contributed by atoms with van der Waals surface area (Å²) in [4.78, 5) is 11.5. The van der Waals surface area contributed by atoms with Crippen LogP contribution >= 0.6 is 15.9 Å². The van der Waals surface area contributed by atoms with E-state index in [9.17, 15) is 4.79 Å². The lowest BCUT2D eigenvalue weighted by Crippen LogP contribution is -2.19. The Bertz CT molecular complexity index is 724. The highest BCUT2D eigenvalue weighted by atomic mass is 79.9. The Hall–Kier alpha value is -1.14. The second-order valence-electron chi connectivity index (χ2n) is 6.07. The van der Waals surface area contributed by atoms with Crippen molar-refractivity contribution in [3.8, 4) is 0 Å². The Morgan fingerprint density at radius 3 is 2.84 bits per heavy atom. The van der Waals surface area contributed by atoms with E-state index in [0.717, 1.165) is 46.0 Å². The van der Waals surface area contributed by atoms with Crippen LogP contribution in [0.15, 0.2) is 16.7 Å². The van der Waals surface area contributed by atoms with Gasteiger partial charge < -0.3 is 9.53 Å². The van der Waals surface area contributed by atoms with Gasteiger partial charge in [-0.1, -0.05) is 13.8 Å². The first kappa shape index (κ1) is 20.2. The summed E-state index contributed by atoms with van der Waals surface area (Å²) in [5.74, 6) is 0.0858. The van der Waals surface area contributed by atoms with Crippen molar-refractivity contribution >= 4 is 40.5 Å². The van der Waals surface area contributed by atoms with Crippen LogP contribution in [0.2, 0.25) is 6.32 Å². The van der Waals surface area contributed by atoms with Crippen molar-refractivity contribution < 1.29 is 9.53 Å². The summed E-state index contributed by atoms with van der Waals surface area (Å²) in [6.07, 6.45) is 6.48. The molecule has 0 bridgehead atoms. The van der Waals surface area contributed by atoms with Gasteiger partial charge in [-0.25, -0.2) is 4.68 Å². The van der Waals surface area contributed by atoms with Gasteiger partial charge in [0.05, 0.1) is 19.6 Å². The van der Waals surface area contributed by atoms with Gasteiger partial charge in [0.1, 0.15) is 5.78 Å². The molecule has 2 heterocycles. The third-order valence-corrected chi connectivity index (χ3v) is 5.38. The molecule has 134 valence electrons. The molecule has 2 aromatic rings. The SMILES string of the molecule is CC.[B]CC(=O)CCc1c(C)cc2c(cnn2C2CCCCO2)c1Br.